The number of aromatic nitrogens is 4. The molecule has 0 amide bonds. The van der Waals surface area contributed by atoms with Crippen molar-refractivity contribution in [2.45, 2.75) is 12.8 Å². The van der Waals surface area contributed by atoms with Gasteiger partial charge in [-0.05, 0) is 59.3 Å². The Morgan fingerprint density at radius 1 is 1.03 bits per heavy atom. The largest absolute Gasteiger partial charge is 0.492 e. The second-order valence-electron chi connectivity index (χ2n) is 9.68. The molecule has 1 saturated heterocycles. The topological polar surface area (TPSA) is 117 Å². The number of nitrogens with two attached hydrogens (primary N) is 1. The van der Waals surface area contributed by atoms with E-state index in [2.05, 4.69) is 72.7 Å². The summed E-state index contributed by atoms with van der Waals surface area (Å²) in [6, 6.07) is 14.6. The van der Waals surface area contributed by atoms with E-state index in [-0.39, 0.29) is 0 Å². The van der Waals surface area contributed by atoms with Gasteiger partial charge in [0.25, 0.3) is 0 Å². The van der Waals surface area contributed by atoms with Crippen LogP contribution in [0.4, 0.5) is 11.8 Å². The van der Waals surface area contributed by atoms with Gasteiger partial charge in [-0.2, -0.15) is 4.98 Å². The van der Waals surface area contributed by atoms with Crippen molar-refractivity contribution in [3.63, 3.8) is 0 Å². The van der Waals surface area contributed by atoms with E-state index in [4.69, 9.17) is 15.2 Å². The van der Waals surface area contributed by atoms with Crippen LogP contribution in [0.2, 0.25) is 0 Å². The van der Waals surface area contributed by atoms with Gasteiger partial charge in [-0.3, -0.25) is 4.90 Å². The lowest BCUT2D eigenvalue weighted by molar-refractivity contribution is 0.0322. The first-order valence-corrected chi connectivity index (χ1v) is 13.2. The summed E-state index contributed by atoms with van der Waals surface area (Å²) in [6.45, 7) is 5.83. The van der Waals surface area contributed by atoms with Crippen LogP contribution in [0.15, 0.2) is 61.1 Å². The molecule has 5 aromatic rings. The summed E-state index contributed by atoms with van der Waals surface area (Å²) in [6.07, 6.45) is 7.34. The lowest BCUT2D eigenvalue weighted by Gasteiger charge is -2.26. The maximum atomic E-state index is 6.28. The van der Waals surface area contributed by atoms with E-state index >= 15 is 0 Å². The number of nitrogens with zero attached hydrogens (tertiary/aromatic N) is 3. The van der Waals surface area contributed by atoms with Crippen LogP contribution >= 0.6 is 0 Å². The molecule has 9 heteroatoms. The summed E-state index contributed by atoms with van der Waals surface area (Å²) in [5.74, 6) is 1.93. The molecule has 0 atom stereocenters. The number of fused-ring (bicyclic) bond motifs is 2. The second-order valence-corrected chi connectivity index (χ2v) is 9.68. The molecule has 5 N–H and O–H groups in total. The number of nitrogen functional groups attached to an aromatic ring is 1. The molecule has 0 spiro atoms. The molecule has 2 aromatic carbocycles. The number of morpholine rings is 1. The Hall–Kier alpha value is -4.08. The van der Waals surface area contributed by atoms with Gasteiger partial charge in [-0.1, -0.05) is 6.07 Å². The van der Waals surface area contributed by atoms with Crippen molar-refractivity contribution in [3.8, 4) is 5.75 Å². The summed E-state index contributed by atoms with van der Waals surface area (Å²) in [5, 5.41) is 5.67. The smallest absolute Gasteiger partial charge is 0.224 e. The predicted octanol–water partition coefficient (Wildman–Crippen LogP) is 3.98. The van der Waals surface area contributed by atoms with Crippen LogP contribution in [-0.4, -0.2) is 70.8 Å². The average molecular weight is 512 g/mol. The molecule has 1 fully saturated rings. The third kappa shape index (κ3) is 5.58. The lowest BCUT2D eigenvalue weighted by atomic mass is 10.1. The Morgan fingerprint density at radius 3 is 2.82 bits per heavy atom. The molecular formula is C29H33N7O2. The van der Waals surface area contributed by atoms with Gasteiger partial charge in [0.2, 0.25) is 5.95 Å². The number of nitrogens with one attached hydrogen (secondary N) is 3. The third-order valence-corrected chi connectivity index (χ3v) is 7.11. The average Bonchev–Trinajstić information content (AvgIpc) is 3.57. The van der Waals surface area contributed by atoms with Gasteiger partial charge in [0, 0.05) is 73.2 Å². The van der Waals surface area contributed by atoms with E-state index in [0.29, 0.717) is 31.3 Å². The first-order chi connectivity index (χ1) is 18.7. The number of hydrogen-bond acceptors (Lipinski definition) is 7. The number of H-pyrrole nitrogens is 2. The number of hydrogen-bond donors (Lipinski definition) is 4. The fourth-order valence-corrected chi connectivity index (χ4v) is 4.95. The van der Waals surface area contributed by atoms with Gasteiger partial charge in [0.1, 0.15) is 18.2 Å². The molecule has 0 radical (unpaired) electrons. The molecule has 1 aliphatic rings. The zero-order chi connectivity index (χ0) is 25.7. The van der Waals surface area contributed by atoms with Crippen LogP contribution in [0, 0.1) is 0 Å². The van der Waals surface area contributed by atoms with Gasteiger partial charge in [-0.15, -0.1) is 0 Å². The molecule has 9 nitrogen and oxygen atoms in total. The van der Waals surface area contributed by atoms with Crippen molar-refractivity contribution >= 4 is 33.6 Å². The van der Waals surface area contributed by atoms with Crippen LogP contribution in [0.1, 0.15) is 16.7 Å². The van der Waals surface area contributed by atoms with Gasteiger partial charge in [-0.25, -0.2) is 4.98 Å². The van der Waals surface area contributed by atoms with Crippen molar-refractivity contribution in [1.29, 1.82) is 0 Å². The minimum Gasteiger partial charge on any atom is -0.492 e. The predicted molar refractivity (Wildman–Crippen MR) is 151 cm³/mol. The molecular weight excluding hydrogens is 478 g/mol. The fourth-order valence-electron chi connectivity index (χ4n) is 4.95. The third-order valence-electron chi connectivity index (χ3n) is 7.11. The molecule has 3 aromatic heterocycles. The molecule has 0 aliphatic carbocycles. The Kier molecular flexibility index (Phi) is 7.10. The first kappa shape index (κ1) is 24.3. The number of anilines is 2. The first-order valence-electron chi connectivity index (χ1n) is 13.2. The van der Waals surface area contributed by atoms with E-state index < -0.39 is 0 Å². The highest BCUT2D eigenvalue weighted by molar-refractivity contribution is 5.84. The van der Waals surface area contributed by atoms with Gasteiger partial charge < -0.3 is 30.5 Å². The van der Waals surface area contributed by atoms with Crippen molar-refractivity contribution in [2.24, 2.45) is 0 Å². The molecule has 38 heavy (non-hydrogen) atoms. The van der Waals surface area contributed by atoms with Crippen molar-refractivity contribution in [1.82, 2.24) is 24.8 Å². The van der Waals surface area contributed by atoms with Crippen LogP contribution in [0.5, 0.6) is 5.75 Å². The highest BCUT2D eigenvalue weighted by Gasteiger charge is 2.11. The monoisotopic (exact) mass is 511 g/mol. The van der Waals surface area contributed by atoms with Crippen LogP contribution < -0.4 is 15.8 Å². The van der Waals surface area contributed by atoms with Gasteiger partial charge >= 0.3 is 0 Å². The summed E-state index contributed by atoms with van der Waals surface area (Å²) in [4.78, 5) is 18.0. The van der Waals surface area contributed by atoms with Gasteiger partial charge in [0.05, 0.1) is 13.2 Å². The quantitative estimate of drug-likeness (QED) is 0.224. The molecule has 1 aliphatic heterocycles. The lowest BCUT2D eigenvalue weighted by Crippen LogP contribution is -2.38. The van der Waals surface area contributed by atoms with E-state index in [1.165, 1.54) is 21.9 Å². The Labute approximate surface area is 221 Å². The van der Waals surface area contributed by atoms with Gasteiger partial charge in [0.15, 0.2) is 0 Å². The summed E-state index contributed by atoms with van der Waals surface area (Å²) >= 11 is 0. The van der Waals surface area contributed by atoms with Crippen LogP contribution in [-0.2, 0) is 17.6 Å². The Bertz CT molecular complexity index is 1520. The molecule has 6 rings (SSSR count). The molecule has 0 unspecified atom stereocenters. The van der Waals surface area contributed by atoms with E-state index in [0.717, 1.165) is 61.6 Å². The molecule has 196 valence electrons. The standard InChI is InChI=1S/C29H33N7O2/c30-28-23(16-20-1-3-26-21(15-20)5-7-31-26)19-34-29(35-28)32-8-6-22-18-33-27-4-2-24(17-25(22)27)38-14-11-36-9-12-37-13-10-36/h1-5,7,15,17-19,31,33H,6,8-14,16H2,(H3,30,32,34,35). The van der Waals surface area contributed by atoms with E-state index in [1.54, 1.807) is 0 Å². The maximum Gasteiger partial charge on any atom is 0.224 e. The summed E-state index contributed by atoms with van der Waals surface area (Å²) in [7, 11) is 0. The summed E-state index contributed by atoms with van der Waals surface area (Å²) < 4.78 is 11.5. The minimum atomic E-state index is 0.502. The zero-order valence-corrected chi connectivity index (χ0v) is 21.4. The molecule has 4 heterocycles. The number of ether oxygens (including phenoxy) is 2. The highest BCUT2D eigenvalue weighted by atomic mass is 16.5. The number of rotatable bonds is 10. The molecule has 0 saturated carbocycles. The minimum absolute atomic E-state index is 0.502. The SMILES string of the molecule is Nc1nc(NCCc2c[nH]c3ccc(OCCN4CCOCC4)cc23)ncc1Cc1ccc2[nH]ccc2c1. The normalized spacial score (nSPS) is 14.3. The number of benzene rings is 2. The van der Waals surface area contributed by atoms with E-state index in [1.807, 2.05) is 18.5 Å². The second kappa shape index (κ2) is 11.1. The molecule has 0 bridgehead atoms. The van der Waals surface area contributed by atoms with E-state index in [9.17, 15) is 0 Å². The van der Waals surface area contributed by atoms with Crippen LogP contribution in [0.25, 0.3) is 21.8 Å². The number of aromatic amines is 2. The van der Waals surface area contributed by atoms with Crippen molar-refractivity contribution in [2.75, 3.05) is 57.1 Å². The van der Waals surface area contributed by atoms with Crippen molar-refractivity contribution < 1.29 is 9.47 Å². The zero-order valence-electron chi connectivity index (χ0n) is 21.4. The Balaban J connectivity index is 1.03. The highest BCUT2D eigenvalue weighted by Crippen LogP contribution is 2.25. The fraction of sp³-hybridized carbons (Fsp3) is 0.310. The Morgan fingerprint density at radius 2 is 1.92 bits per heavy atom. The maximum absolute atomic E-state index is 6.28. The van der Waals surface area contributed by atoms with Crippen molar-refractivity contribution in [3.05, 3.63) is 77.7 Å². The summed E-state index contributed by atoms with van der Waals surface area (Å²) in [5.41, 5.74) is 11.8. The van der Waals surface area contributed by atoms with Crippen LogP contribution in [0.3, 0.4) is 0 Å².